The Morgan fingerprint density at radius 1 is 1.17 bits per heavy atom. The Morgan fingerprint density at radius 2 is 1.83 bits per heavy atom. The SMILES string of the molecule is O=C(/C=C/c1ccc([N+](=O)[O-])cc1)NCC(=O)N1CCCCC1. The first-order chi connectivity index (χ1) is 11.1. The Balaban J connectivity index is 1.79. The molecule has 2 amide bonds. The third-order valence-corrected chi connectivity index (χ3v) is 3.65. The van der Waals surface area contributed by atoms with E-state index in [2.05, 4.69) is 5.32 Å². The van der Waals surface area contributed by atoms with Crippen LogP contribution in [0.4, 0.5) is 5.69 Å². The number of benzene rings is 1. The summed E-state index contributed by atoms with van der Waals surface area (Å²) in [4.78, 5) is 35.4. The van der Waals surface area contributed by atoms with Gasteiger partial charge in [-0.05, 0) is 43.0 Å². The van der Waals surface area contributed by atoms with E-state index in [4.69, 9.17) is 0 Å². The summed E-state index contributed by atoms with van der Waals surface area (Å²) < 4.78 is 0. The van der Waals surface area contributed by atoms with E-state index in [1.165, 1.54) is 18.2 Å². The number of non-ortho nitro benzene ring substituents is 1. The maximum absolute atomic E-state index is 11.9. The minimum absolute atomic E-state index is 0.00118. The number of nitrogens with one attached hydrogen (secondary N) is 1. The van der Waals surface area contributed by atoms with Gasteiger partial charge < -0.3 is 10.2 Å². The molecule has 2 rings (SSSR count). The van der Waals surface area contributed by atoms with Crippen molar-refractivity contribution in [2.24, 2.45) is 0 Å². The number of nitro benzene ring substituents is 1. The molecule has 0 bridgehead atoms. The summed E-state index contributed by atoms with van der Waals surface area (Å²) in [5.74, 6) is -0.435. The first-order valence-corrected chi connectivity index (χ1v) is 7.54. The van der Waals surface area contributed by atoms with Crippen molar-refractivity contribution in [3.63, 3.8) is 0 Å². The Hall–Kier alpha value is -2.70. The molecule has 0 unspecified atom stereocenters. The summed E-state index contributed by atoms with van der Waals surface area (Å²) in [5.41, 5.74) is 0.673. The molecule has 0 atom stereocenters. The van der Waals surface area contributed by atoms with Crippen LogP contribution in [0.15, 0.2) is 30.3 Å². The zero-order valence-electron chi connectivity index (χ0n) is 12.7. The van der Waals surface area contributed by atoms with Crippen LogP contribution in [0.2, 0.25) is 0 Å². The van der Waals surface area contributed by atoms with Gasteiger partial charge in [0, 0.05) is 31.3 Å². The van der Waals surface area contributed by atoms with Crippen LogP contribution >= 0.6 is 0 Å². The van der Waals surface area contributed by atoms with Crippen molar-refractivity contribution < 1.29 is 14.5 Å². The van der Waals surface area contributed by atoms with Crippen LogP contribution in [0.1, 0.15) is 24.8 Å². The van der Waals surface area contributed by atoms with Gasteiger partial charge in [0.2, 0.25) is 11.8 Å². The summed E-state index contributed by atoms with van der Waals surface area (Å²) in [7, 11) is 0. The summed E-state index contributed by atoms with van der Waals surface area (Å²) in [6.45, 7) is 1.50. The number of carbonyl (C=O) groups excluding carboxylic acids is 2. The molecule has 1 heterocycles. The lowest BCUT2D eigenvalue weighted by Crippen LogP contribution is -2.42. The second-order valence-corrected chi connectivity index (χ2v) is 5.34. The molecule has 23 heavy (non-hydrogen) atoms. The second-order valence-electron chi connectivity index (χ2n) is 5.34. The smallest absolute Gasteiger partial charge is 0.269 e. The van der Waals surface area contributed by atoms with Crippen LogP contribution in [0.5, 0.6) is 0 Å². The highest BCUT2D eigenvalue weighted by atomic mass is 16.6. The van der Waals surface area contributed by atoms with E-state index >= 15 is 0 Å². The highest BCUT2D eigenvalue weighted by Crippen LogP contribution is 2.12. The van der Waals surface area contributed by atoms with Gasteiger partial charge in [-0.25, -0.2) is 0 Å². The Labute approximate surface area is 134 Å². The molecule has 1 aromatic rings. The molecule has 0 aliphatic carbocycles. The molecule has 7 heteroatoms. The third-order valence-electron chi connectivity index (χ3n) is 3.65. The summed E-state index contributed by atoms with van der Waals surface area (Å²) in [6, 6.07) is 5.86. The molecular formula is C16H19N3O4. The fourth-order valence-electron chi connectivity index (χ4n) is 2.36. The lowest BCUT2D eigenvalue weighted by atomic mass is 10.1. The minimum Gasteiger partial charge on any atom is -0.343 e. The van der Waals surface area contributed by atoms with Gasteiger partial charge in [0.1, 0.15) is 0 Å². The van der Waals surface area contributed by atoms with E-state index in [9.17, 15) is 19.7 Å². The van der Waals surface area contributed by atoms with Crippen molar-refractivity contribution in [1.29, 1.82) is 0 Å². The third kappa shape index (κ3) is 5.21. The van der Waals surface area contributed by atoms with E-state index < -0.39 is 4.92 Å². The van der Waals surface area contributed by atoms with Crippen LogP contribution < -0.4 is 5.32 Å². The zero-order chi connectivity index (χ0) is 16.7. The van der Waals surface area contributed by atoms with Gasteiger partial charge in [-0.15, -0.1) is 0 Å². The number of hydrogen-bond donors (Lipinski definition) is 1. The van der Waals surface area contributed by atoms with Gasteiger partial charge in [0.15, 0.2) is 0 Å². The largest absolute Gasteiger partial charge is 0.343 e. The first kappa shape index (κ1) is 16.7. The van der Waals surface area contributed by atoms with E-state index in [-0.39, 0.29) is 24.0 Å². The Bertz CT molecular complexity index is 604. The molecule has 1 aromatic carbocycles. The molecule has 1 aliphatic rings. The molecule has 7 nitrogen and oxygen atoms in total. The number of nitrogens with zero attached hydrogens (tertiary/aromatic N) is 2. The maximum Gasteiger partial charge on any atom is 0.269 e. The molecule has 0 aromatic heterocycles. The second kappa shape index (κ2) is 8.07. The Morgan fingerprint density at radius 3 is 2.43 bits per heavy atom. The number of nitro groups is 1. The molecule has 1 N–H and O–H groups in total. The summed E-state index contributed by atoms with van der Waals surface area (Å²) >= 11 is 0. The highest BCUT2D eigenvalue weighted by molar-refractivity contribution is 5.94. The molecular weight excluding hydrogens is 298 g/mol. The van der Waals surface area contributed by atoms with E-state index in [1.807, 2.05) is 0 Å². The van der Waals surface area contributed by atoms with Gasteiger partial charge in [-0.2, -0.15) is 0 Å². The maximum atomic E-state index is 11.9. The van der Waals surface area contributed by atoms with Crippen LogP contribution in [-0.2, 0) is 9.59 Å². The van der Waals surface area contributed by atoms with Crippen molar-refractivity contribution in [2.45, 2.75) is 19.3 Å². The fraction of sp³-hybridized carbons (Fsp3) is 0.375. The average molecular weight is 317 g/mol. The van der Waals surface area contributed by atoms with Crippen molar-refractivity contribution >= 4 is 23.6 Å². The lowest BCUT2D eigenvalue weighted by molar-refractivity contribution is -0.384. The number of carbonyl (C=O) groups is 2. The van der Waals surface area contributed by atoms with Crippen LogP contribution in [0, 0.1) is 10.1 Å². The standard InChI is InChI=1S/C16H19N3O4/c20-15(17-12-16(21)18-10-2-1-3-11-18)9-6-13-4-7-14(8-5-13)19(22)23/h4-9H,1-3,10-12H2,(H,17,20)/b9-6+. The van der Waals surface area contributed by atoms with Gasteiger partial charge in [0.05, 0.1) is 11.5 Å². The van der Waals surface area contributed by atoms with Crippen LogP contribution in [0.25, 0.3) is 6.08 Å². The number of rotatable bonds is 5. The van der Waals surface area contributed by atoms with Crippen molar-refractivity contribution in [3.05, 3.63) is 46.0 Å². The molecule has 0 saturated carbocycles. The highest BCUT2D eigenvalue weighted by Gasteiger charge is 2.16. The molecule has 1 aliphatic heterocycles. The van der Waals surface area contributed by atoms with Crippen molar-refractivity contribution in [2.75, 3.05) is 19.6 Å². The minimum atomic E-state index is -0.480. The van der Waals surface area contributed by atoms with Crippen molar-refractivity contribution in [3.8, 4) is 0 Å². The summed E-state index contributed by atoms with van der Waals surface area (Å²) in [6.07, 6.45) is 6.03. The molecule has 1 fully saturated rings. The van der Waals surface area contributed by atoms with Crippen LogP contribution in [-0.4, -0.2) is 41.3 Å². The first-order valence-electron chi connectivity index (χ1n) is 7.54. The number of hydrogen-bond acceptors (Lipinski definition) is 4. The predicted molar refractivity (Wildman–Crippen MR) is 85.6 cm³/mol. The van der Waals surface area contributed by atoms with Gasteiger partial charge in [-0.3, -0.25) is 19.7 Å². The predicted octanol–water partition coefficient (Wildman–Crippen LogP) is 1.74. The monoisotopic (exact) mass is 317 g/mol. The van der Waals surface area contributed by atoms with E-state index in [0.29, 0.717) is 5.56 Å². The van der Waals surface area contributed by atoms with E-state index in [0.717, 1.165) is 32.4 Å². The molecule has 122 valence electrons. The average Bonchev–Trinajstić information content (AvgIpc) is 2.59. The van der Waals surface area contributed by atoms with Crippen molar-refractivity contribution in [1.82, 2.24) is 10.2 Å². The number of likely N-dealkylation sites (tertiary alicyclic amines) is 1. The normalized spacial score (nSPS) is 14.7. The van der Waals surface area contributed by atoms with Crippen LogP contribution in [0.3, 0.4) is 0 Å². The molecule has 0 spiro atoms. The van der Waals surface area contributed by atoms with Gasteiger partial charge in [-0.1, -0.05) is 0 Å². The summed E-state index contributed by atoms with van der Waals surface area (Å²) in [5, 5.41) is 13.1. The Kier molecular flexibility index (Phi) is 5.85. The number of piperidine rings is 1. The van der Waals surface area contributed by atoms with Gasteiger partial charge in [0.25, 0.3) is 5.69 Å². The molecule has 0 radical (unpaired) electrons. The topological polar surface area (TPSA) is 92.5 Å². The van der Waals surface area contributed by atoms with Gasteiger partial charge >= 0.3 is 0 Å². The quantitative estimate of drug-likeness (QED) is 0.508. The van der Waals surface area contributed by atoms with E-state index in [1.54, 1.807) is 23.1 Å². The number of amides is 2. The zero-order valence-corrected chi connectivity index (χ0v) is 12.7. The molecule has 1 saturated heterocycles. The fourth-order valence-corrected chi connectivity index (χ4v) is 2.36. The lowest BCUT2D eigenvalue weighted by Gasteiger charge is -2.26.